The Morgan fingerprint density at radius 2 is 2.00 bits per heavy atom. The molecule has 0 unspecified atom stereocenters. The molecule has 0 fully saturated rings. The smallest absolute Gasteiger partial charge is 0.128 e. The van der Waals surface area contributed by atoms with Gasteiger partial charge in [-0.2, -0.15) is 0 Å². The molecule has 0 radical (unpaired) electrons. The van der Waals surface area contributed by atoms with Crippen LogP contribution in [-0.4, -0.2) is 18.9 Å². The highest BCUT2D eigenvalue weighted by Crippen LogP contribution is 2.11. The van der Waals surface area contributed by atoms with Gasteiger partial charge in [0.25, 0.3) is 0 Å². The van der Waals surface area contributed by atoms with E-state index in [1.807, 2.05) is 12.1 Å². The first-order valence-electron chi connectivity index (χ1n) is 4.40. The van der Waals surface area contributed by atoms with Gasteiger partial charge in [-0.15, -0.1) is 0 Å². The molecule has 1 N–H and O–H groups in total. The summed E-state index contributed by atoms with van der Waals surface area (Å²) in [5.41, 5.74) is 1.17. The number of hydrogen-bond acceptors (Lipinski definition) is 2. The molecule has 68 valence electrons. The second kappa shape index (κ2) is 3.92. The van der Waals surface area contributed by atoms with Crippen LogP contribution in [0, 0.1) is 0 Å². The third-order valence-corrected chi connectivity index (χ3v) is 2.54. The molecule has 2 rings (SSSR count). The number of nitrogens with one attached hydrogen (secondary N) is 1. The topological polar surface area (TPSA) is 24.4 Å². The maximum atomic E-state index is 4.42. The minimum absolute atomic E-state index is 0.943. The van der Waals surface area contributed by atoms with Crippen LogP contribution in [0.1, 0.15) is 12.0 Å². The van der Waals surface area contributed by atoms with Crippen LogP contribution < -0.4 is 5.32 Å². The second-order valence-corrected chi connectivity index (χ2v) is 3.93. The highest BCUT2D eigenvalue weighted by atomic mass is 79.9. The molecule has 1 aromatic rings. The number of benzene rings is 1. The van der Waals surface area contributed by atoms with Gasteiger partial charge < -0.3 is 5.32 Å². The molecular weight excluding hydrogens is 228 g/mol. The monoisotopic (exact) mass is 238 g/mol. The lowest BCUT2D eigenvalue weighted by Crippen LogP contribution is -2.30. The van der Waals surface area contributed by atoms with E-state index in [0.717, 1.165) is 29.8 Å². The SMILES string of the molecule is Brc1ccc(C2=NCCCN2)cc1. The average molecular weight is 239 g/mol. The Labute approximate surface area is 86.2 Å². The molecule has 0 saturated heterocycles. The van der Waals surface area contributed by atoms with Crippen LogP contribution in [0.4, 0.5) is 0 Å². The molecule has 0 spiro atoms. The van der Waals surface area contributed by atoms with Crippen LogP contribution in [0.25, 0.3) is 0 Å². The molecule has 1 aliphatic rings. The lowest BCUT2D eigenvalue weighted by molar-refractivity contribution is 0.742. The van der Waals surface area contributed by atoms with E-state index in [-0.39, 0.29) is 0 Å². The fourth-order valence-corrected chi connectivity index (χ4v) is 1.60. The fourth-order valence-electron chi connectivity index (χ4n) is 1.33. The van der Waals surface area contributed by atoms with Crippen molar-refractivity contribution in [2.45, 2.75) is 6.42 Å². The van der Waals surface area contributed by atoms with Gasteiger partial charge in [-0.1, -0.05) is 28.1 Å². The summed E-state index contributed by atoms with van der Waals surface area (Å²) in [6, 6.07) is 8.21. The molecule has 0 aromatic heterocycles. The number of nitrogens with zero attached hydrogens (tertiary/aromatic N) is 1. The molecule has 0 bridgehead atoms. The highest BCUT2D eigenvalue weighted by molar-refractivity contribution is 9.10. The average Bonchev–Trinajstić information content (AvgIpc) is 2.20. The van der Waals surface area contributed by atoms with E-state index in [1.54, 1.807) is 0 Å². The zero-order valence-electron chi connectivity index (χ0n) is 7.26. The predicted molar refractivity (Wildman–Crippen MR) is 58.2 cm³/mol. The van der Waals surface area contributed by atoms with Crippen molar-refractivity contribution >= 4 is 21.8 Å². The summed E-state index contributed by atoms with van der Waals surface area (Å²) in [4.78, 5) is 4.42. The molecule has 0 atom stereocenters. The van der Waals surface area contributed by atoms with E-state index in [1.165, 1.54) is 5.56 Å². The summed E-state index contributed by atoms with van der Waals surface area (Å²) in [5.74, 6) is 1.03. The zero-order chi connectivity index (χ0) is 9.10. The van der Waals surface area contributed by atoms with E-state index < -0.39 is 0 Å². The van der Waals surface area contributed by atoms with Crippen molar-refractivity contribution in [1.29, 1.82) is 0 Å². The van der Waals surface area contributed by atoms with Crippen molar-refractivity contribution in [2.24, 2.45) is 4.99 Å². The number of hydrogen-bond donors (Lipinski definition) is 1. The fraction of sp³-hybridized carbons (Fsp3) is 0.300. The van der Waals surface area contributed by atoms with Crippen LogP contribution in [-0.2, 0) is 0 Å². The van der Waals surface area contributed by atoms with Crippen molar-refractivity contribution < 1.29 is 0 Å². The van der Waals surface area contributed by atoms with Gasteiger partial charge in [-0.3, -0.25) is 4.99 Å². The Bertz CT molecular complexity index is 316. The Balaban J connectivity index is 2.24. The molecule has 2 nitrogen and oxygen atoms in total. The number of halogens is 1. The lowest BCUT2D eigenvalue weighted by atomic mass is 10.2. The Morgan fingerprint density at radius 1 is 1.23 bits per heavy atom. The zero-order valence-corrected chi connectivity index (χ0v) is 8.84. The maximum Gasteiger partial charge on any atom is 0.128 e. The molecule has 0 aliphatic carbocycles. The molecular formula is C10H11BrN2. The first-order valence-corrected chi connectivity index (χ1v) is 5.20. The Hall–Kier alpha value is -0.830. The van der Waals surface area contributed by atoms with Crippen molar-refractivity contribution in [3.05, 3.63) is 34.3 Å². The molecule has 1 heterocycles. The summed E-state index contributed by atoms with van der Waals surface area (Å²) in [6.07, 6.45) is 1.14. The predicted octanol–water partition coefficient (Wildman–Crippen LogP) is 2.19. The number of amidine groups is 1. The first kappa shape index (κ1) is 8.75. The molecule has 1 aliphatic heterocycles. The van der Waals surface area contributed by atoms with Gasteiger partial charge in [0.1, 0.15) is 5.84 Å². The standard InChI is InChI=1S/C10H11BrN2/c11-9-4-2-8(3-5-9)10-12-6-1-7-13-10/h2-5H,1,6-7H2,(H,12,13). The summed E-state index contributed by atoms with van der Waals surface area (Å²) in [5, 5.41) is 3.29. The van der Waals surface area contributed by atoms with Gasteiger partial charge in [0.2, 0.25) is 0 Å². The van der Waals surface area contributed by atoms with Gasteiger partial charge in [0.15, 0.2) is 0 Å². The third-order valence-electron chi connectivity index (χ3n) is 2.01. The van der Waals surface area contributed by atoms with E-state index >= 15 is 0 Å². The Kier molecular flexibility index (Phi) is 2.64. The molecule has 13 heavy (non-hydrogen) atoms. The quantitative estimate of drug-likeness (QED) is 0.798. The van der Waals surface area contributed by atoms with Crippen LogP contribution in [0.15, 0.2) is 33.7 Å². The summed E-state index contributed by atoms with van der Waals surface area (Å²) < 4.78 is 1.10. The van der Waals surface area contributed by atoms with Crippen molar-refractivity contribution in [2.75, 3.05) is 13.1 Å². The van der Waals surface area contributed by atoms with E-state index in [9.17, 15) is 0 Å². The van der Waals surface area contributed by atoms with Gasteiger partial charge in [0, 0.05) is 23.1 Å². The second-order valence-electron chi connectivity index (χ2n) is 3.02. The molecule has 3 heteroatoms. The number of rotatable bonds is 1. The van der Waals surface area contributed by atoms with Crippen LogP contribution in [0.5, 0.6) is 0 Å². The Morgan fingerprint density at radius 3 is 2.62 bits per heavy atom. The summed E-state index contributed by atoms with van der Waals surface area (Å²) in [6.45, 7) is 1.98. The van der Waals surface area contributed by atoms with Gasteiger partial charge >= 0.3 is 0 Å². The van der Waals surface area contributed by atoms with Gasteiger partial charge in [-0.05, 0) is 18.6 Å². The van der Waals surface area contributed by atoms with Crippen molar-refractivity contribution in [1.82, 2.24) is 5.32 Å². The van der Waals surface area contributed by atoms with Crippen molar-refractivity contribution in [3.63, 3.8) is 0 Å². The van der Waals surface area contributed by atoms with Gasteiger partial charge in [-0.25, -0.2) is 0 Å². The van der Waals surface area contributed by atoms with E-state index in [2.05, 4.69) is 38.4 Å². The van der Waals surface area contributed by atoms with E-state index in [4.69, 9.17) is 0 Å². The molecule has 0 saturated carbocycles. The minimum atomic E-state index is 0.943. The number of aliphatic imine (C=N–C) groups is 1. The highest BCUT2D eigenvalue weighted by Gasteiger charge is 2.05. The molecule has 1 aromatic carbocycles. The molecule has 0 amide bonds. The first-order chi connectivity index (χ1) is 6.36. The summed E-state index contributed by atoms with van der Waals surface area (Å²) in [7, 11) is 0. The minimum Gasteiger partial charge on any atom is -0.370 e. The normalized spacial score (nSPS) is 16.2. The third kappa shape index (κ3) is 2.10. The maximum absolute atomic E-state index is 4.42. The van der Waals surface area contributed by atoms with Crippen LogP contribution in [0.2, 0.25) is 0 Å². The van der Waals surface area contributed by atoms with Crippen LogP contribution >= 0.6 is 15.9 Å². The van der Waals surface area contributed by atoms with Crippen LogP contribution in [0.3, 0.4) is 0 Å². The van der Waals surface area contributed by atoms with Crippen molar-refractivity contribution in [3.8, 4) is 0 Å². The van der Waals surface area contributed by atoms with E-state index in [0.29, 0.717) is 0 Å². The lowest BCUT2D eigenvalue weighted by Gasteiger charge is -2.14. The van der Waals surface area contributed by atoms with Gasteiger partial charge in [0.05, 0.1) is 0 Å². The summed E-state index contributed by atoms with van der Waals surface area (Å²) >= 11 is 3.41. The largest absolute Gasteiger partial charge is 0.370 e.